The second kappa shape index (κ2) is 14.8. The van der Waals surface area contributed by atoms with Crippen molar-refractivity contribution in [2.24, 2.45) is 4.99 Å². The van der Waals surface area contributed by atoms with Crippen LogP contribution in [0.4, 0.5) is 5.82 Å². The van der Waals surface area contributed by atoms with Crippen molar-refractivity contribution in [2.75, 3.05) is 64.8 Å². The second-order valence-corrected chi connectivity index (χ2v) is 7.47. The molecule has 2 heterocycles. The molecule has 0 saturated carbocycles. The van der Waals surface area contributed by atoms with Gasteiger partial charge in [-0.05, 0) is 52.5 Å². The van der Waals surface area contributed by atoms with Gasteiger partial charge in [0.1, 0.15) is 5.82 Å². The molecule has 6 nitrogen and oxygen atoms in total. The van der Waals surface area contributed by atoms with Gasteiger partial charge in [-0.1, -0.05) is 25.3 Å². The molecule has 0 atom stereocenters. The molecular weight excluding hydrogens is 463 g/mol. The molecule has 0 bridgehead atoms. The van der Waals surface area contributed by atoms with Crippen LogP contribution in [-0.4, -0.2) is 80.7 Å². The molecule has 0 amide bonds. The molecule has 160 valence electrons. The molecule has 0 spiro atoms. The Hall–Kier alpha value is -1.09. The molecule has 1 fully saturated rings. The van der Waals surface area contributed by atoms with Crippen LogP contribution in [0.25, 0.3) is 0 Å². The summed E-state index contributed by atoms with van der Waals surface area (Å²) in [5.41, 5.74) is 0. The zero-order valence-electron chi connectivity index (χ0n) is 17.9. The third-order valence-electron chi connectivity index (χ3n) is 4.91. The Morgan fingerprint density at radius 2 is 1.79 bits per heavy atom. The highest BCUT2D eigenvalue weighted by molar-refractivity contribution is 14.0. The Labute approximate surface area is 188 Å². The van der Waals surface area contributed by atoms with E-state index in [2.05, 4.69) is 58.2 Å². The molecule has 1 aromatic heterocycles. The Morgan fingerprint density at radius 1 is 1.07 bits per heavy atom. The van der Waals surface area contributed by atoms with Gasteiger partial charge in [0.15, 0.2) is 5.96 Å². The van der Waals surface area contributed by atoms with E-state index in [1.807, 2.05) is 12.3 Å². The zero-order chi connectivity index (χ0) is 19.3. The summed E-state index contributed by atoms with van der Waals surface area (Å²) >= 11 is 0. The molecule has 0 aromatic carbocycles. The number of nitrogens with one attached hydrogen (secondary N) is 1. The lowest BCUT2D eigenvalue weighted by Crippen LogP contribution is -2.52. The Morgan fingerprint density at radius 3 is 2.43 bits per heavy atom. The van der Waals surface area contributed by atoms with Crippen molar-refractivity contribution in [3.05, 3.63) is 24.4 Å². The first-order chi connectivity index (χ1) is 13.2. The van der Waals surface area contributed by atoms with E-state index in [9.17, 15) is 0 Å². The van der Waals surface area contributed by atoms with Crippen LogP contribution in [0.3, 0.4) is 0 Å². The third-order valence-corrected chi connectivity index (χ3v) is 4.91. The highest BCUT2D eigenvalue weighted by Crippen LogP contribution is 2.12. The molecular formula is C21H39IN6. The predicted octanol–water partition coefficient (Wildman–Crippen LogP) is 3.30. The maximum absolute atomic E-state index is 4.87. The Balaban J connectivity index is 0.00000392. The maximum Gasteiger partial charge on any atom is 0.194 e. The number of guanidine groups is 1. The summed E-state index contributed by atoms with van der Waals surface area (Å²) in [7, 11) is 4.29. The molecule has 1 aromatic rings. The SMILES string of the molecule is CCNC(=NCCCCCCCN(C)C)N1CCN(c2ccccn2)CC1.I. The number of pyridine rings is 1. The number of halogens is 1. The van der Waals surface area contributed by atoms with Crippen LogP contribution in [0.2, 0.25) is 0 Å². The molecule has 1 aliphatic heterocycles. The van der Waals surface area contributed by atoms with E-state index in [0.717, 1.165) is 51.0 Å². The van der Waals surface area contributed by atoms with Gasteiger partial charge < -0.3 is 20.0 Å². The quantitative estimate of drug-likeness (QED) is 0.230. The van der Waals surface area contributed by atoms with Crippen LogP contribution in [0.5, 0.6) is 0 Å². The van der Waals surface area contributed by atoms with Crippen LogP contribution in [0, 0.1) is 0 Å². The fourth-order valence-electron chi connectivity index (χ4n) is 3.37. The van der Waals surface area contributed by atoms with E-state index in [0.29, 0.717) is 0 Å². The molecule has 7 heteroatoms. The minimum absolute atomic E-state index is 0. The van der Waals surface area contributed by atoms with Crippen molar-refractivity contribution in [1.82, 2.24) is 20.1 Å². The minimum Gasteiger partial charge on any atom is -0.357 e. The van der Waals surface area contributed by atoms with E-state index >= 15 is 0 Å². The smallest absolute Gasteiger partial charge is 0.194 e. The second-order valence-electron chi connectivity index (χ2n) is 7.47. The molecule has 0 radical (unpaired) electrons. The number of unbranched alkanes of at least 4 members (excludes halogenated alkanes) is 4. The van der Waals surface area contributed by atoms with Crippen molar-refractivity contribution in [1.29, 1.82) is 0 Å². The average molecular weight is 502 g/mol. The van der Waals surface area contributed by atoms with Crippen LogP contribution in [0.1, 0.15) is 39.0 Å². The van der Waals surface area contributed by atoms with Gasteiger partial charge in [0.05, 0.1) is 0 Å². The van der Waals surface area contributed by atoms with Gasteiger partial charge in [-0.25, -0.2) is 4.98 Å². The van der Waals surface area contributed by atoms with Crippen molar-refractivity contribution in [2.45, 2.75) is 39.0 Å². The van der Waals surface area contributed by atoms with Crippen LogP contribution >= 0.6 is 24.0 Å². The van der Waals surface area contributed by atoms with Crippen molar-refractivity contribution in [3.8, 4) is 0 Å². The number of nitrogens with zero attached hydrogens (tertiary/aromatic N) is 5. The Bertz CT molecular complexity index is 529. The summed E-state index contributed by atoms with van der Waals surface area (Å²) in [6.45, 7) is 9.17. The van der Waals surface area contributed by atoms with Gasteiger partial charge in [0, 0.05) is 45.5 Å². The number of rotatable bonds is 10. The van der Waals surface area contributed by atoms with Gasteiger partial charge in [0.2, 0.25) is 0 Å². The zero-order valence-corrected chi connectivity index (χ0v) is 20.3. The van der Waals surface area contributed by atoms with Crippen molar-refractivity contribution < 1.29 is 0 Å². The monoisotopic (exact) mass is 502 g/mol. The number of hydrogen-bond donors (Lipinski definition) is 1. The average Bonchev–Trinajstić information content (AvgIpc) is 2.70. The minimum atomic E-state index is 0. The van der Waals surface area contributed by atoms with Crippen molar-refractivity contribution in [3.63, 3.8) is 0 Å². The molecule has 0 unspecified atom stereocenters. The fourth-order valence-corrected chi connectivity index (χ4v) is 3.37. The van der Waals surface area contributed by atoms with E-state index in [-0.39, 0.29) is 24.0 Å². The Kier molecular flexibility index (Phi) is 13.2. The molecule has 0 aliphatic carbocycles. The topological polar surface area (TPSA) is 47.0 Å². The van der Waals surface area contributed by atoms with Gasteiger partial charge in [-0.3, -0.25) is 4.99 Å². The number of hydrogen-bond acceptors (Lipinski definition) is 4. The standard InChI is InChI=1S/C21H38N6.HI/c1-4-22-21(24-14-9-6-5-7-11-15-25(2)3)27-18-16-26(17-19-27)20-12-8-10-13-23-20;/h8,10,12-13H,4-7,9,11,14-19H2,1-3H3,(H,22,24);1H. The van der Waals surface area contributed by atoms with Crippen molar-refractivity contribution >= 4 is 35.8 Å². The molecule has 2 rings (SSSR count). The van der Waals surface area contributed by atoms with Gasteiger partial charge >= 0.3 is 0 Å². The summed E-state index contributed by atoms with van der Waals surface area (Å²) in [6, 6.07) is 6.12. The summed E-state index contributed by atoms with van der Waals surface area (Å²) in [5, 5.41) is 3.47. The van der Waals surface area contributed by atoms with Gasteiger partial charge in [-0.2, -0.15) is 0 Å². The third kappa shape index (κ3) is 9.41. The largest absolute Gasteiger partial charge is 0.357 e. The summed E-state index contributed by atoms with van der Waals surface area (Å²) < 4.78 is 0. The molecule has 1 aliphatic rings. The van der Waals surface area contributed by atoms with Crippen LogP contribution in [0.15, 0.2) is 29.4 Å². The maximum atomic E-state index is 4.87. The van der Waals surface area contributed by atoms with Crippen LogP contribution < -0.4 is 10.2 Å². The predicted molar refractivity (Wildman–Crippen MR) is 131 cm³/mol. The first-order valence-electron chi connectivity index (χ1n) is 10.5. The van der Waals surface area contributed by atoms with Gasteiger partial charge in [0.25, 0.3) is 0 Å². The van der Waals surface area contributed by atoms with E-state index in [1.54, 1.807) is 0 Å². The molecule has 1 N–H and O–H groups in total. The first kappa shape index (κ1) is 24.9. The summed E-state index contributed by atoms with van der Waals surface area (Å²) in [6.07, 6.45) is 8.29. The normalized spacial score (nSPS) is 14.9. The first-order valence-corrected chi connectivity index (χ1v) is 10.5. The number of aliphatic imine (C=N–C) groups is 1. The van der Waals surface area contributed by atoms with E-state index < -0.39 is 0 Å². The number of anilines is 1. The fraction of sp³-hybridized carbons (Fsp3) is 0.714. The lowest BCUT2D eigenvalue weighted by molar-refractivity contribution is 0.371. The van der Waals surface area contributed by atoms with Crippen LogP contribution in [-0.2, 0) is 0 Å². The van der Waals surface area contributed by atoms with Gasteiger partial charge in [-0.15, -0.1) is 24.0 Å². The van der Waals surface area contributed by atoms with E-state index in [1.165, 1.54) is 38.6 Å². The molecule has 1 saturated heterocycles. The number of aromatic nitrogens is 1. The summed E-state index contributed by atoms with van der Waals surface area (Å²) in [4.78, 5) is 16.3. The highest BCUT2D eigenvalue weighted by Gasteiger charge is 2.20. The number of piperazine rings is 1. The lowest BCUT2D eigenvalue weighted by Gasteiger charge is -2.37. The molecule has 28 heavy (non-hydrogen) atoms. The highest BCUT2D eigenvalue weighted by atomic mass is 127. The summed E-state index contributed by atoms with van der Waals surface area (Å²) in [5.74, 6) is 2.15. The lowest BCUT2D eigenvalue weighted by atomic mass is 10.1. The van der Waals surface area contributed by atoms with E-state index in [4.69, 9.17) is 4.99 Å².